The van der Waals surface area contributed by atoms with Crippen LogP contribution >= 0.6 is 11.3 Å². The Hall–Kier alpha value is -1.30. The molecule has 5 nitrogen and oxygen atoms in total. The van der Waals surface area contributed by atoms with E-state index < -0.39 is 0 Å². The summed E-state index contributed by atoms with van der Waals surface area (Å²) in [6.45, 7) is 10.7. The van der Waals surface area contributed by atoms with Crippen LogP contribution in [0.2, 0.25) is 0 Å². The number of aromatic nitrogens is 1. The van der Waals surface area contributed by atoms with Crippen molar-refractivity contribution in [3.63, 3.8) is 0 Å². The minimum atomic E-state index is -0.00598. The number of nitrogens with two attached hydrogens (primary N) is 1. The molecule has 0 saturated carbocycles. The molecule has 20 heavy (non-hydrogen) atoms. The summed E-state index contributed by atoms with van der Waals surface area (Å²) in [5, 5.41) is 3.94. The fourth-order valence-corrected chi connectivity index (χ4v) is 2.61. The second-order valence-electron chi connectivity index (χ2n) is 5.25. The van der Waals surface area contributed by atoms with Crippen molar-refractivity contribution in [2.24, 2.45) is 5.92 Å². The van der Waals surface area contributed by atoms with Gasteiger partial charge in [0.2, 0.25) is 0 Å². The highest BCUT2D eigenvalue weighted by Gasteiger charge is 2.20. The minimum absolute atomic E-state index is 0.00598. The van der Waals surface area contributed by atoms with Crippen molar-refractivity contribution in [1.82, 2.24) is 9.88 Å². The molecular weight excluding hydrogens is 272 g/mol. The van der Waals surface area contributed by atoms with Gasteiger partial charge in [-0.05, 0) is 19.3 Å². The average molecular weight is 298 g/mol. The van der Waals surface area contributed by atoms with Crippen LogP contribution < -0.4 is 11.1 Å². The topological polar surface area (TPSA) is 71.2 Å². The van der Waals surface area contributed by atoms with E-state index in [0.717, 1.165) is 31.1 Å². The Morgan fingerprint density at radius 1 is 1.45 bits per heavy atom. The van der Waals surface area contributed by atoms with Crippen LogP contribution in [0.1, 0.15) is 50.2 Å². The molecule has 114 valence electrons. The number of carbonyl (C=O) groups is 1. The number of anilines is 2. The third-order valence-electron chi connectivity index (χ3n) is 2.96. The Labute approximate surface area is 125 Å². The van der Waals surface area contributed by atoms with E-state index in [1.807, 2.05) is 11.8 Å². The van der Waals surface area contributed by atoms with Crippen molar-refractivity contribution >= 4 is 28.2 Å². The number of carbonyl (C=O) groups excluding carboxylic acids is 1. The summed E-state index contributed by atoms with van der Waals surface area (Å²) >= 11 is 1.35. The Bertz CT molecular complexity index is 431. The van der Waals surface area contributed by atoms with Gasteiger partial charge in [0.15, 0.2) is 5.13 Å². The Kier molecular flexibility index (Phi) is 6.78. The third-order valence-corrected chi connectivity index (χ3v) is 3.98. The fraction of sp³-hybridized carbons (Fsp3) is 0.714. The zero-order valence-electron chi connectivity index (χ0n) is 12.9. The molecule has 1 aromatic rings. The minimum Gasteiger partial charge on any atom is -0.382 e. The molecule has 0 atom stereocenters. The maximum absolute atomic E-state index is 12.4. The van der Waals surface area contributed by atoms with Gasteiger partial charge in [-0.25, -0.2) is 4.98 Å². The summed E-state index contributed by atoms with van der Waals surface area (Å²) in [7, 11) is 0. The maximum atomic E-state index is 12.4. The quantitative estimate of drug-likeness (QED) is 0.774. The van der Waals surface area contributed by atoms with E-state index in [9.17, 15) is 4.79 Å². The normalized spacial score (nSPS) is 10.8. The number of hydrogen-bond acceptors (Lipinski definition) is 5. The zero-order chi connectivity index (χ0) is 15.1. The first-order valence-electron chi connectivity index (χ1n) is 7.29. The number of nitrogens with zero attached hydrogens (tertiary/aromatic N) is 2. The van der Waals surface area contributed by atoms with E-state index >= 15 is 0 Å². The molecular formula is C14H26N4OS. The molecule has 0 spiro atoms. The van der Waals surface area contributed by atoms with E-state index in [2.05, 4.69) is 31.1 Å². The van der Waals surface area contributed by atoms with Crippen LogP contribution in [0.4, 0.5) is 10.9 Å². The molecule has 0 aliphatic rings. The summed E-state index contributed by atoms with van der Waals surface area (Å²) in [5.74, 6) is 0.853. The number of hydrogen-bond donors (Lipinski definition) is 2. The van der Waals surface area contributed by atoms with Crippen LogP contribution in [0.5, 0.6) is 0 Å². The molecule has 1 heterocycles. The van der Waals surface area contributed by atoms with Crippen LogP contribution in [0.15, 0.2) is 0 Å². The molecule has 0 radical (unpaired) electrons. The molecule has 0 saturated heterocycles. The summed E-state index contributed by atoms with van der Waals surface area (Å²) in [4.78, 5) is 19.1. The van der Waals surface area contributed by atoms with E-state index in [0.29, 0.717) is 23.2 Å². The van der Waals surface area contributed by atoms with Crippen molar-refractivity contribution < 1.29 is 4.79 Å². The van der Waals surface area contributed by atoms with Gasteiger partial charge in [0.1, 0.15) is 10.7 Å². The van der Waals surface area contributed by atoms with Crippen LogP contribution in [-0.4, -0.2) is 35.4 Å². The number of nitrogens with one attached hydrogen (secondary N) is 1. The molecule has 0 aromatic carbocycles. The summed E-state index contributed by atoms with van der Waals surface area (Å²) in [6.07, 6.45) is 2.08. The highest BCUT2D eigenvalue weighted by molar-refractivity contribution is 7.18. The van der Waals surface area contributed by atoms with Crippen molar-refractivity contribution in [1.29, 1.82) is 0 Å². The van der Waals surface area contributed by atoms with Crippen LogP contribution in [-0.2, 0) is 0 Å². The first kappa shape index (κ1) is 16.8. The van der Waals surface area contributed by atoms with E-state index in [1.165, 1.54) is 11.3 Å². The monoisotopic (exact) mass is 298 g/mol. The first-order chi connectivity index (χ1) is 9.49. The lowest BCUT2D eigenvalue weighted by atomic mass is 10.2. The van der Waals surface area contributed by atoms with Gasteiger partial charge in [-0.2, -0.15) is 0 Å². The predicted molar refractivity (Wildman–Crippen MR) is 86.3 cm³/mol. The van der Waals surface area contributed by atoms with Gasteiger partial charge in [0.25, 0.3) is 5.91 Å². The van der Waals surface area contributed by atoms with Gasteiger partial charge in [0.05, 0.1) is 0 Å². The first-order valence-corrected chi connectivity index (χ1v) is 8.10. The van der Waals surface area contributed by atoms with Crippen LogP contribution in [0.3, 0.4) is 0 Å². The summed E-state index contributed by atoms with van der Waals surface area (Å²) in [6, 6.07) is 0. The molecule has 0 unspecified atom stereocenters. The van der Waals surface area contributed by atoms with Gasteiger partial charge >= 0.3 is 0 Å². The number of amides is 1. The van der Waals surface area contributed by atoms with Gasteiger partial charge in [-0.15, -0.1) is 0 Å². The van der Waals surface area contributed by atoms with Crippen molar-refractivity contribution in [2.75, 3.05) is 30.7 Å². The van der Waals surface area contributed by atoms with Gasteiger partial charge in [0, 0.05) is 19.6 Å². The van der Waals surface area contributed by atoms with Crippen molar-refractivity contribution in [3.8, 4) is 0 Å². The molecule has 0 aliphatic carbocycles. The SMILES string of the molecule is CCCCN(CC)C(=O)c1sc(NCC(C)C)nc1N. The Morgan fingerprint density at radius 2 is 2.15 bits per heavy atom. The highest BCUT2D eigenvalue weighted by Crippen LogP contribution is 2.26. The summed E-state index contributed by atoms with van der Waals surface area (Å²) in [5.41, 5.74) is 5.88. The van der Waals surface area contributed by atoms with E-state index in [-0.39, 0.29) is 5.91 Å². The maximum Gasteiger partial charge on any atom is 0.267 e. The highest BCUT2D eigenvalue weighted by atomic mass is 32.1. The van der Waals surface area contributed by atoms with Crippen LogP contribution in [0, 0.1) is 5.92 Å². The average Bonchev–Trinajstić information content (AvgIpc) is 2.78. The summed E-state index contributed by atoms with van der Waals surface area (Å²) < 4.78 is 0. The predicted octanol–water partition coefficient (Wildman–Crippen LogP) is 3.06. The molecule has 0 aliphatic heterocycles. The molecule has 0 bridgehead atoms. The molecule has 1 aromatic heterocycles. The number of rotatable bonds is 8. The van der Waals surface area contributed by atoms with Crippen LogP contribution in [0.25, 0.3) is 0 Å². The number of nitrogen functional groups attached to an aromatic ring is 1. The molecule has 6 heteroatoms. The van der Waals surface area contributed by atoms with E-state index in [1.54, 1.807) is 0 Å². The van der Waals surface area contributed by atoms with Crippen molar-refractivity contribution in [2.45, 2.75) is 40.5 Å². The number of thiazole rings is 1. The van der Waals surface area contributed by atoms with E-state index in [4.69, 9.17) is 5.73 Å². The Balaban J connectivity index is 2.76. The molecule has 1 amide bonds. The lowest BCUT2D eigenvalue weighted by molar-refractivity contribution is 0.0768. The second-order valence-corrected chi connectivity index (χ2v) is 6.25. The van der Waals surface area contributed by atoms with Gasteiger partial charge in [-0.3, -0.25) is 4.79 Å². The van der Waals surface area contributed by atoms with Gasteiger partial charge in [-0.1, -0.05) is 38.5 Å². The number of unbranched alkanes of at least 4 members (excludes halogenated alkanes) is 1. The second kappa shape index (κ2) is 8.09. The molecule has 1 rings (SSSR count). The smallest absolute Gasteiger partial charge is 0.267 e. The lowest BCUT2D eigenvalue weighted by Gasteiger charge is -2.19. The van der Waals surface area contributed by atoms with Crippen molar-refractivity contribution in [3.05, 3.63) is 4.88 Å². The Morgan fingerprint density at radius 3 is 2.70 bits per heavy atom. The largest absolute Gasteiger partial charge is 0.382 e. The third kappa shape index (κ3) is 4.67. The lowest BCUT2D eigenvalue weighted by Crippen LogP contribution is -2.31. The standard InChI is InChI=1S/C14H26N4OS/c1-5-7-8-18(6-2)13(19)11-12(15)17-14(20-11)16-9-10(3)4/h10H,5-9,15H2,1-4H3,(H,16,17). The molecule has 0 fully saturated rings. The molecule has 3 N–H and O–H groups in total. The van der Waals surface area contributed by atoms with Gasteiger partial charge < -0.3 is 16.0 Å². The fourth-order valence-electron chi connectivity index (χ4n) is 1.75. The zero-order valence-corrected chi connectivity index (χ0v) is 13.7.